The Bertz CT molecular complexity index is 944. The second-order valence-corrected chi connectivity index (χ2v) is 7.22. The van der Waals surface area contributed by atoms with Gasteiger partial charge in [-0.3, -0.25) is 4.72 Å². The zero-order valence-electron chi connectivity index (χ0n) is 13.5. The van der Waals surface area contributed by atoms with E-state index in [1.165, 1.54) is 6.33 Å². The van der Waals surface area contributed by atoms with Crippen LogP contribution in [0.3, 0.4) is 0 Å². The van der Waals surface area contributed by atoms with Gasteiger partial charge in [-0.25, -0.2) is 18.4 Å². The number of sulfonamides is 1. The fourth-order valence-electron chi connectivity index (χ4n) is 2.09. The number of rotatable bonds is 6. The summed E-state index contributed by atoms with van der Waals surface area (Å²) in [4.78, 5) is 12.7. The molecule has 0 fully saturated rings. The van der Waals surface area contributed by atoms with E-state index < -0.39 is 10.0 Å². The summed E-state index contributed by atoms with van der Waals surface area (Å²) in [6.45, 7) is 1.59. The smallest absolute Gasteiger partial charge is 0.232 e. The molecule has 0 bridgehead atoms. The molecule has 0 saturated carbocycles. The van der Waals surface area contributed by atoms with Crippen molar-refractivity contribution in [2.45, 2.75) is 6.92 Å². The van der Waals surface area contributed by atoms with Crippen LogP contribution in [0.5, 0.6) is 0 Å². The highest BCUT2D eigenvalue weighted by Crippen LogP contribution is 2.19. The Labute approximate surface area is 146 Å². The lowest BCUT2D eigenvalue weighted by Crippen LogP contribution is -2.14. The first-order valence-corrected chi connectivity index (χ1v) is 9.33. The molecule has 0 aliphatic carbocycles. The molecule has 0 aliphatic rings. The molecule has 128 valence electrons. The molecule has 7 nitrogen and oxygen atoms in total. The molecule has 25 heavy (non-hydrogen) atoms. The predicted octanol–water partition coefficient (Wildman–Crippen LogP) is 3.04. The van der Waals surface area contributed by atoms with Gasteiger partial charge in [-0.1, -0.05) is 30.3 Å². The van der Waals surface area contributed by atoms with Crippen LogP contribution in [0.2, 0.25) is 0 Å². The Hall–Kier alpha value is -3.00. The van der Waals surface area contributed by atoms with Crippen molar-refractivity contribution in [1.82, 2.24) is 15.0 Å². The van der Waals surface area contributed by atoms with Gasteiger partial charge in [0.1, 0.15) is 6.33 Å². The molecule has 3 rings (SSSR count). The summed E-state index contributed by atoms with van der Waals surface area (Å²) < 4.78 is 25.6. The van der Waals surface area contributed by atoms with Crippen LogP contribution < -0.4 is 10.0 Å². The Balaban J connectivity index is 1.75. The fraction of sp³-hybridized carbons (Fsp3) is 0.118. The third-order valence-electron chi connectivity index (χ3n) is 3.40. The summed E-state index contributed by atoms with van der Waals surface area (Å²) in [6, 6.07) is 16.5. The summed E-state index contributed by atoms with van der Waals surface area (Å²) in [5.41, 5.74) is 2.15. The molecule has 0 aliphatic heterocycles. The summed E-state index contributed by atoms with van der Waals surface area (Å²) in [6.07, 6.45) is 1.45. The van der Waals surface area contributed by atoms with Gasteiger partial charge in [0.2, 0.25) is 16.0 Å². The van der Waals surface area contributed by atoms with E-state index in [0.717, 1.165) is 11.3 Å². The van der Waals surface area contributed by atoms with Crippen LogP contribution in [-0.4, -0.2) is 29.1 Å². The molecule has 0 saturated heterocycles. The van der Waals surface area contributed by atoms with E-state index in [-0.39, 0.29) is 5.75 Å². The molecule has 0 amide bonds. The van der Waals surface area contributed by atoms with Gasteiger partial charge in [0.15, 0.2) is 5.82 Å². The predicted molar refractivity (Wildman–Crippen MR) is 98.1 cm³/mol. The van der Waals surface area contributed by atoms with Gasteiger partial charge in [0.05, 0.1) is 5.75 Å². The van der Waals surface area contributed by atoms with Crippen molar-refractivity contribution in [3.8, 4) is 11.4 Å². The highest BCUT2D eigenvalue weighted by atomic mass is 32.2. The lowest BCUT2D eigenvalue weighted by atomic mass is 10.2. The highest BCUT2D eigenvalue weighted by molar-refractivity contribution is 7.92. The average molecular weight is 355 g/mol. The lowest BCUT2D eigenvalue weighted by molar-refractivity contribution is 0.602. The molecule has 0 atom stereocenters. The van der Waals surface area contributed by atoms with Crippen LogP contribution in [0.25, 0.3) is 11.4 Å². The lowest BCUT2D eigenvalue weighted by Gasteiger charge is -2.08. The van der Waals surface area contributed by atoms with Crippen molar-refractivity contribution in [2.24, 2.45) is 0 Å². The van der Waals surface area contributed by atoms with E-state index in [1.807, 2.05) is 30.3 Å². The number of nitrogens with one attached hydrogen (secondary N) is 2. The minimum absolute atomic E-state index is 0.0279. The van der Waals surface area contributed by atoms with E-state index in [2.05, 4.69) is 25.0 Å². The maximum Gasteiger partial charge on any atom is 0.232 e. The SMILES string of the molecule is CCS(=O)(=O)Nc1ccc(Nc2ncnc(-c3ccccc3)n2)cc1. The average Bonchev–Trinajstić information content (AvgIpc) is 2.64. The van der Waals surface area contributed by atoms with Gasteiger partial charge in [-0.15, -0.1) is 0 Å². The topological polar surface area (TPSA) is 96.9 Å². The third kappa shape index (κ3) is 4.51. The van der Waals surface area contributed by atoms with Crippen LogP contribution >= 0.6 is 0 Å². The van der Waals surface area contributed by atoms with Crippen LogP contribution in [0.15, 0.2) is 60.9 Å². The Morgan fingerprint density at radius 2 is 1.60 bits per heavy atom. The Kier molecular flexibility index (Phi) is 4.90. The van der Waals surface area contributed by atoms with Gasteiger partial charge < -0.3 is 5.32 Å². The quantitative estimate of drug-likeness (QED) is 0.705. The second-order valence-electron chi connectivity index (χ2n) is 5.21. The van der Waals surface area contributed by atoms with Crippen molar-refractivity contribution < 1.29 is 8.42 Å². The Morgan fingerprint density at radius 1 is 0.920 bits per heavy atom. The number of aromatic nitrogens is 3. The molecule has 0 radical (unpaired) electrons. The molecule has 0 spiro atoms. The van der Waals surface area contributed by atoms with E-state index >= 15 is 0 Å². The molecule has 1 aromatic heterocycles. The van der Waals surface area contributed by atoms with Crippen LogP contribution in [0, 0.1) is 0 Å². The number of nitrogens with zero attached hydrogens (tertiary/aromatic N) is 3. The second kappa shape index (κ2) is 7.27. The minimum atomic E-state index is -3.28. The standard InChI is InChI=1S/C17H17N5O2S/c1-2-25(23,24)22-15-10-8-14(9-11-15)20-17-19-12-18-16(21-17)13-6-4-3-5-7-13/h3-12,22H,2H2,1H3,(H,18,19,20,21). The highest BCUT2D eigenvalue weighted by Gasteiger charge is 2.07. The molecule has 2 aromatic carbocycles. The number of hydrogen-bond acceptors (Lipinski definition) is 6. The monoisotopic (exact) mass is 355 g/mol. The summed E-state index contributed by atoms with van der Waals surface area (Å²) in [7, 11) is -3.28. The molecular weight excluding hydrogens is 338 g/mol. The van der Waals surface area contributed by atoms with E-state index in [1.54, 1.807) is 31.2 Å². The summed E-state index contributed by atoms with van der Waals surface area (Å²) >= 11 is 0. The zero-order valence-corrected chi connectivity index (χ0v) is 14.4. The number of anilines is 3. The summed E-state index contributed by atoms with van der Waals surface area (Å²) in [5.74, 6) is 1.02. The largest absolute Gasteiger partial charge is 0.324 e. The van der Waals surface area contributed by atoms with Crippen molar-refractivity contribution in [1.29, 1.82) is 0 Å². The van der Waals surface area contributed by atoms with E-state index in [9.17, 15) is 8.42 Å². The first-order valence-electron chi connectivity index (χ1n) is 7.68. The fourth-order valence-corrected chi connectivity index (χ4v) is 2.72. The number of benzene rings is 2. The van der Waals surface area contributed by atoms with Crippen molar-refractivity contribution in [2.75, 3.05) is 15.8 Å². The first kappa shape index (κ1) is 16.8. The van der Waals surface area contributed by atoms with Gasteiger partial charge in [-0.05, 0) is 31.2 Å². The molecule has 1 heterocycles. The van der Waals surface area contributed by atoms with Gasteiger partial charge in [0.25, 0.3) is 0 Å². The van der Waals surface area contributed by atoms with Crippen molar-refractivity contribution in [3.05, 3.63) is 60.9 Å². The van der Waals surface area contributed by atoms with E-state index in [4.69, 9.17) is 0 Å². The molecule has 2 N–H and O–H groups in total. The minimum Gasteiger partial charge on any atom is -0.324 e. The Morgan fingerprint density at radius 3 is 2.28 bits per heavy atom. The van der Waals surface area contributed by atoms with Crippen molar-refractivity contribution in [3.63, 3.8) is 0 Å². The zero-order chi connectivity index (χ0) is 17.7. The van der Waals surface area contributed by atoms with Gasteiger partial charge in [0, 0.05) is 16.9 Å². The van der Waals surface area contributed by atoms with Crippen LogP contribution in [0.1, 0.15) is 6.92 Å². The van der Waals surface area contributed by atoms with Gasteiger partial charge >= 0.3 is 0 Å². The number of hydrogen-bond donors (Lipinski definition) is 2. The van der Waals surface area contributed by atoms with Crippen LogP contribution in [-0.2, 0) is 10.0 Å². The van der Waals surface area contributed by atoms with Crippen molar-refractivity contribution >= 4 is 27.3 Å². The van der Waals surface area contributed by atoms with E-state index in [0.29, 0.717) is 17.5 Å². The first-order chi connectivity index (χ1) is 12.1. The summed E-state index contributed by atoms with van der Waals surface area (Å²) in [5, 5.41) is 3.08. The molecule has 0 unspecified atom stereocenters. The third-order valence-corrected chi connectivity index (χ3v) is 4.71. The molecule has 8 heteroatoms. The van der Waals surface area contributed by atoms with Gasteiger partial charge in [-0.2, -0.15) is 4.98 Å². The maximum absolute atomic E-state index is 11.6. The molecule has 3 aromatic rings. The van der Waals surface area contributed by atoms with Crippen LogP contribution in [0.4, 0.5) is 17.3 Å². The molecular formula is C17H17N5O2S. The normalized spacial score (nSPS) is 11.1. The maximum atomic E-state index is 11.6.